The molecule has 1 saturated carbocycles. The second kappa shape index (κ2) is 5.23. The molecule has 2 rings (SSSR count). The minimum Gasteiger partial charge on any atom is -0.328 e. The van der Waals surface area contributed by atoms with Crippen molar-refractivity contribution in [3.8, 4) is 0 Å². The second-order valence-electron chi connectivity index (χ2n) is 4.76. The first-order valence-electron chi connectivity index (χ1n) is 6.28. The zero-order valence-electron chi connectivity index (χ0n) is 10.5. The zero-order valence-corrected chi connectivity index (χ0v) is 11.3. The van der Waals surface area contributed by atoms with Crippen molar-refractivity contribution in [2.45, 2.75) is 45.1 Å². The van der Waals surface area contributed by atoms with E-state index in [1.165, 1.54) is 5.57 Å². The van der Waals surface area contributed by atoms with Crippen molar-refractivity contribution in [1.82, 2.24) is 9.78 Å². The number of hydrogen-bond acceptors (Lipinski definition) is 2. The third-order valence-electron chi connectivity index (χ3n) is 3.45. The number of nitrogens with zero attached hydrogens (tertiary/aromatic N) is 2. The van der Waals surface area contributed by atoms with E-state index in [9.17, 15) is 0 Å². The van der Waals surface area contributed by atoms with E-state index in [0.717, 1.165) is 48.5 Å². The third kappa shape index (κ3) is 2.72. The molecule has 0 amide bonds. The highest BCUT2D eigenvalue weighted by Crippen LogP contribution is 2.28. The lowest BCUT2D eigenvalue weighted by atomic mass is 9.91. The molecule has 1 aromatic heterocycles. The predicted octanol–water partition coefficient (Wildman–Crippen LogP) is 2.92. The van der Waals surface area contributed by atoms with Gasteiger partial charge in [-0.25, -0.2) is 0 Å². The van der Waals surface area contributed by atoms with Crippen LogP contribution in [0.1, 0.15) is 44.0 Å². The molecule has 0 spiro atoms. The first-order valence-corrected chi connectivity index (χ1v) is 6.66. The quantitative estimate of drug-likeness (QED) is 0.881. The number of aromatic nitrogens is 2. The Morgan fingerprint density at radius 1 is 1.47 bits per heavy atom. The SMILES string of the molecule is CCc1nn(C)c(C=C2CCC(N)CC2)c1Cl. The Bertz CT molecular complexity index is 424. The molecule has 17 heavy (non-hydrogen) atoms. The Hall–Kier alpha value is -0.800. The van der Waals surface area contributed by atoms with Gasteiger partial charge in [0.1, 0.15) is 0 Å². The van der Waals surface area contributed by atoms with Crippen molar-refractivity contribution in [1.29, 1.82) is 0 Å². The Morgan fingerprint density at radius 3 is 2.65 bits per heavy atom. The van der Waals surface area contributed by atoms with Crippen LogP contribution in [-0.4, -0.2) is 15.8 Å². The van der Waals surface area contributed by atoms with Gasteiger partial charge in [0.2, 0.25) is 0 Å². The van der Waals surface area contributed by atoms with E-state index in [1.54, 1.807) is 0 Å². The van der Waals surface area contributed by atoms with Crippen molar-refractivity contribution in [3.05, 3.63) is 22.0 Å². The monoisotopic (exact) mass is 253 g/mol. The van der Waals surface area contributed by atoms with Crippen LogP contribution in [0.15, 0.2) is 5.57 Å². The van der Waals surface area contributed by atoms with Gasteiger partial charge in [0, 0.05) is 13.1 Å². The van der Waals surface area contributed by atoms with Crippen LogP contribution in [-0.2, 0) is 13.5 Å². The van der Waals surface area contributed by atoms with Gasteiger partial charge in [0.25, 0.3) is 0 Å². The maximum Gasteiger partial charge on any atom is 0.0891 e. The van der Waals surface area contributed by atoms with Crippen LogP contribution in [0.4, 0.5) is 0 Å². The van der Waals surface area contributed by atoms with Crippen LogP contribution in [0.2, 0.25) is 5.02 Å². The van der Waals surface area contributed by atoms with Gasteiger partial charge >= 0.3 is 0 Å². The lowest BCUT2D eigenvalue weighted by molar-refractivity contribution is 0.514. The van der Waals surface area contributed by atoms with Crippen LogP contribution >= 0.6 is 11.6 Å². The summed E-state index contributed by atoms with van der Waals surface area (Å²) in [6.07, 6.45) is 7.42. The smallest absolute Gasteiger partial charge is 0.0891 e. The minimum atomic E-state index is 0.375. The molecule has 1 heterocycles. The van der Waals surface area contributed by atoms with Crippen LogP contribution in [0.25, 0.3) is 6.08 Å². The van der Waals surface area contributed by atoms with Gasteiger partial charge in [0.05, 0.1) is 16.4 Å². The predicted molar refractivity (Wildman–Crippen MR) is 72.0 cm³/mol. The molecule has 1 aliphatic rings. The molecule has 2 N–H and O–H groups in total. The molecule has 0 saturated heterocycles. The van der Waals surface area contributed by atoms with Gasteiger partial charge in [-0.15, -0.1) is 0 Å². The fraction of sp³-hybridized carbons (Fsp3) is 0.615. The molecule has 0 unspecified atom stereocenters. The third-order valence-corrected chi connectivity index (χ3v) is 3.86. The summed E-state index contributed by atoms with van der Waals surface area (Å²) in [5, 5.41) is 5.23. The first kappa shape index (κ1) is 12.7. The van der Waals surface area contributed by atoms with E-state index in [1.807, 2.05) is 11.7 Å². The van der Waals surface area contributed by atoms with Crippen molar-refractivity contribution in [2.75, 3.05) is 0 Å². The van der Waals surface area contributed by atoms with Gasteiger partial charge in [-0.3, -0.25) is 4.68 Å². The second-order valence-corrected chi connectivity index (χ2v) is 5.14. The van der Waals surface area contributed by atoms with Crippen molar-refractivity contribution >= 4 is 17.7 Å². The molecule has 3 nitrogen and oxygen atoms in total. The summed E-state index contributed by atoms with van der Waals surface area (Å²) in [6.45, 7) is 2.07. The highest BCUT2D eigenvalue weighted by atomic mass is 35.5. The van der Waals surface area contributed by atoms with Crippen LogP contribution < -0.4 is 5.73 Å². The topological polar surface area (TPSA) is 43.8 Å². The molecule has 0 bridgehead atoms. The molecule has 4 heteroatoms. The van der Waals surface area contributed by atoms with Gasteiger partial charge in [-0.1, -0.05) is 24.1 Å². The fourth-order valence-electron chi connectivity index (χ4n) is 2.30. The van der Waals surface area contributed by atoms with Gasteiger partial charge in [0.15, 0.2) is 0 Å². The van der Waals surface area contributed by atoms with Crippen LogP contribution in [0, 0.1) is 0 Å². The maximum atomic E-state index is 6.33. The summed E-state index contributed by atoms with van der Waals surface area (Å²) in [4.78, 5) is 0. The Kier molecular flexibility index (Phi) is 3.89. The normalized spacial score (nSPS) is 20.7. The molecular formula is C13H20ClN3. The highest BCUT2D eigenvalue weighted by molar-refractivity contribution is 6.32. The van der Waals surface area contributed by atoms with Crippen molar-refractivity contribution < 1.29 is 0 Å². The standard InChI is InChI=1S/C13H20ClN3/c1-3-11-13(14)12(17(2)16-11)8-9-4-6-10(15)7-5-9/h8,10H,3-7,15H2,1-2H3. The summed E-state index contributed by atoms with van der Waals surface area (Å²) >= 11 is 6.33. The molecule has 94 valence electrons. The van der Waals surface area contributed by atoms with E-state index in [-0.39, 0.29) is 0 Å². The lowest BCUT2D eigenvalue weighted by Crippen LogP contribution is -2.23. The van der Waals surface area contributed by atoms with E-state index in [4.69, 9.17) is 17.3 Å². The zero-order chi connectivity index (χ0) is 12.4. The fourth-order valence-corrected chi connectivity index (χ4v) is 2.65. The maximum absolute atomic E-state index is 6.33. The summed E-state index contributed by atoms with van der Waals surface area (Å²) in [7, 11) is 1.95. The number of rotatable bonds is 2. The summed E-state index contributed by atoms with van der Waals surface area (Å²) in [6, 6.07) is 0.375. The molecule has 1 aromatic rings. The highest BCUT2D eigenvalue weighted by Gasteiger charge is 2.15. The van der Waals surface area contributed by atoms with Crippen molar-refractivity contribution in [2.24, 2.45) is 12.8 Å². The van der Waals surface area contributed by atoms with Crippen LogP contribution in [0.5, 0.6) is 0 Å². The van der Waals surface area contributed by atoms with E-state index >= 15 is 0 Å². The number of nitrogens with two attached hydrogens (primary N) is 1. The summed E-state index contributed by atoms with van der Waals surface area (Å²) in [5.41, 5.74) is 9.36. The summed E-state index contributed by atoms with van der Waals surface area (Å²) < 4.78 is 1.88. The molecular weight excluding hydrogens is 234 g/mol. The Morgan fingerprint density at radius 2 is 2.12 bits per heavy atom. The molecule has 0 aromatic carbocycles. The Labute approximate surface area is 108 Å². The van der Waals surface area contributed by atoms with Crippen LogP contribution in [0.3, 0.4) is 0 Å². The minimum absolute atomic E-state index is 0.375. The van der Waals surface area contributed by atoms with E-state index < -0.39 is 0 Å². The molecule has 1 aliphatic carbocycles. The lowest BCUT2D eigenvalue weighted by Gasteiger charge is -2.20. The van der Waals surface area contributed by atoms with E-state index in [0.29, 0.717) is 6.04 Å². The molecule has 0 aliphatic heterocycles. The van der Waals surface area contributed by atoms with Crippen molar-refractivity contribution in [3.63, 3.8) is 0 Å². The average molecular weight is 254 g/mol. The first-order chi connectivity index (χ1) is 8.11. The summed E-state index contributed by atoms with van der Waals surface area (Å²) in [5.74, 6) is 0. The number of aryl methyl sites for hydroxylation is 2. The van der Waals surface area contributed by atoms with Gasteiger partial charge in [-0.05, 0) is 38.2 Å². The number of halogens is 1. The van der Waals surface area contributed by atoms with Gasteiger partial charge < -0.3 is 5.73 Å². The molecule has 1 fully saturated rings. The van der Waals surface area contributed by atoms with Gasteiger partial charge in [-0.2, -0.15) is 5.10 Å². The molecule has 0 atom stereocenters. The number of hydrogen-bond donors (Lipinski definition) is 1. The largest absolute Gasteiger partial charge is 0.328 e. The average Bonchev–Trinajstić information content (AvgIpc) is 2.59. The number of allylic oxidation sites excluding steroid dienone is 1. The van der Waals surface area contributed by atoms with E-state index in [2.05, 4.69) is 18.1 Å². The molecule has 0 radical (unpaired) electrons. The Balaban J connectivity index is 2.23.